The Labute approximate surface area is 102 Å². The van der Waals surface area contributed by atoms with Crippen LogP contribution in [-0.2, 0) is 15.6 Å². The van der Waals surface area contributed by atoms with Crippen LogP contribution in [0.1, 0.15) is 19.4 Å². The summed E-state index contributed by atoms with van der Waals surface area (Å²) in [6.07, 6.45) is 1.09. The highest BCUT2D eigenvalue weighted by Crippen LogP contribution is 2.29. The zero-order chi connectivity index (χ0) is 13.3. The molecule has 1 aromatic carbocycles. The maximum Gasteiger partial charge on any atom is 0.229 e. The Morgan fingerprint density at radius 2 is 1.94 bits per heavy atom. The molecule has 0 aliphatic carbocycles. The number of anilines is 1. The van der Waals surface area contributed by atoms with Gasteiger partial charge in [0.1, 0.15) is 5.75 Å². The molecule has 0 heterocycles. The van der Waals surface area contributed by atoms with Crippen LogP contribution in [-0.4, -0.2) is 21.8 Å². The van der Waals surface area contributed by atoms with Crippen molar-refractivity contribution in [3.05, 3.63) is 23.8 Å². The summed E-state index contributed by atoms with van der Waals surface area (Å²) in [5.74, 6) is 0.450. The number of nitrogens with one attached hydrogen (secondary N) is 1. The van der Waals surface area contributed by atoms with Crippen LogP contribution < -0.4 is 15.2 Å². The summed E-state index contributed by atoms with van der Waals surface area (Å²) in [6.45, 7) is 3.73. The van der Waals surface area contributed by atoms with E-state index in [1.807, 2.05) is 13.8 Å². The first kappa shape index (κ1) is 13.8. The first-order chi connectivity index (χ1) is 7.63. The molecule has 0 spiro atoms. The number of methoxy groups -OCH3 is 1. The molecule has 5 nitrogen and oxygen atoms in total. The van der Waals surface area contributed by atoms with Crippen LogP contribution in [0.3, 0.4) is 0 Å². The van der Waals surface area contributed by atoms with Gasteiger partial charge in [-0.1, -0.05) is 6.07 Å². The van der Waals surface area contributed by atoms with Crippen molar-refractivity contribution in [1.29, 1.82) is 0 Å². The number of rotatable bonds is 4. The van der Waals surface area contributed by atoms with E-state index in [2.05, 4.69) is 4.72 Å². The molecule has 0 atom stereocenters. The van der Waals surface area contributed by atoms with Gasteiger partial charge in [-0.05, 0) is 31.5 Å². The molecule has 0 bridgehead atoms. The fourth-order valence-corrected chi connectivity index (χ4v) is 1.94. The van der Waals surface area contributed by atoms with Crippen molar-refractivity contribution in [3.8, 4) is 5.75 Å². The van der Waals surface area contributed by atoms with Gasteiger partial charge in [0.2, 0.25) is 10.0 Å². The molecular formula is C11H18N2O3S. The van der Waals surface area contributed by atoms with Crippen LogP contribution in [0.15, 0.2) is 18.2 Å². The van der Waals surface area contributed by atoms with Gasteiger partial charge in [-0.25, -0.2) is 8.42 Å². The molecule has 0 fully saturated rings. The number of benzene rings is 1. The molecule has 1 aromatic rings. The largest absolute Gasteiger partial charge is 0.495 e. The van der Waals surface area contributed by atoms with Crippen molar-refractivity contribution >= 4 is 15.7 Å². The van der Waals surface area contributed by atoms with Gasteiger partial charge in [0.15, 0.2) is 0 Å². The van der Waals surface area contributed by atoms with Gasteiger partial charge in [-0.15, -0.1) is 0 Å². The molecule has 17 heavy (non-hydrogen) atoms. The number of ether oxygens (including phenoxy) is 1. The molecule has 0 aromatic heterocycles. The predicted molar refractivity (Wildman–Crippen MR) is 68.7 cm³/mol. The second kappa shape index (κ2) is 4.54. The molecule has 6 heteroatoms. The van der Waals surface area contributed by atoms with Gasteiger partial charge in [-0.3, -0.25) is 4.72 Å². The summed E-state index contributed by atoms with van der Waals surface area (Å²) in [5.41, 5.74) is 6.73. The van der Waals surface area contributed by atoms with Crippen molar-refractivity contribution in [3.63, 3.8) is 0 Å². The number of hydrogen-bond acceptors (Lipinski definition) is 4. The van der Waals surface area contributed by atoms with Crippen LogP contribution in [0.4, 0.5) is 5.69 Å². The van der Waals surface area contributed by atoms with E-state index in [1.165, 1.54) is 7.11 Å². The molecule has 0 saturated carbocycles. The molecule has 96 valence electrons. The van der Waals surface area contributed by atoms with Gasteiger partial charge in [0.05, 0.1) is 19.1 Å². The molecule has 1 rings (SSSR count). The third-order valence-electron chi connectivity index (χ3n) is 2.24. The van der Waals surface area contributed by atoms with E-state index < -0.39 is 15.6 Å². The third kappa shape index (κ3) is 3.90. The van der Waals surface area contributed by atoms with E-state index in [0.29, 0.717) is 11.4 Å². The van der Waals surface area contributed by atoms with Crippen molar-refractivity contribution in [2.45, 2.75) is 19.4 Å². The first-order valence-corrected chi connectivity index (χ1v) is 6.98. The van der Waals surface area contributed by atoms with Gasteiger partial charge >= 0.3 is 0 Å². The highest BCUT2D eigenvalue weighted by atomic mass is 32.2. The SMILES string of the molecule is COc1cc(C(C)(C)N)ccc1NS(C)(=O)=O. The monoisotopic (exact) mass is 258 g/mol. The third-order valence-corrected chi connectivity index (χ3v) is 2.83. The van der Waals surface area contributed by atoms with Crippen molar-refractivity contribution < 1.29 is 13.2 Å². The van der Waals surface area contributed by atoms with Crippen LogP contribution in [0.2, 0.25) is 0 Å². The lowest BCUT2D eigenvalue weighted by atomic mass is 9.95. The van der Waals surface area contributed by atoms with Gasteiger partial charge in [0.25, 0.3) is 0 Å². The maximum absolute atomic E-state index is 11.2. The van der Waals surface area contributed by atoms with E-state index in [4.69, 9.17) is 10.5 Å². The smallest absolute Gasteiger partial charge is 0.229 e. The molecular weight excluding hydrogens is 240 g/mol. The van der Waals surface area contributed by atoms with E-state index in [-0.39, 0.29) is 0 Å². The lowest BCUT2D eigenvalue weighted by Gasteiger charge is -2.21. The zero-order valence-corrected chi connectivity index (χ0v) is 11.3. The summed E-state index contributed by atoms with van der Waals surface area (Å²) in [5, 5.41) is 0. The minimum Gasteiger partial charge on any atom is -0.495 e. The van der Waals surface area contributed by atoms with Crippen molar-refractivity contribution in [2.75, 3.05) is 18.1 Å². The standard InChI is InChI=1S/C11H18N2O3S/c1-11(2,12)8-5-6-9(10(7-8)16-3)13-17(4,14)15/h5-7,13H,12H2,1-4H3. The normalized spacial score (nSPS) is 12.3. The molecule has 3 N–H and O–H groups in total. The number of nitrogens with two attached hydrogens (primary N) is 1. The summed E-state index contributed by atoms with van der Waals surface area (Å²) < 4.78 is 29.8. The Bertz CT molecular complexity index is 504. The number of sulfonamides is 1. The lowest BCUT2D eigenvalue weighted by Crippen LogP contribution is -2.28. The predicted octanol–water partition coefficient (Wildman–Crippen LogP) is 1.26. The van der Waals surface area contributed by atoms with E-state index >= 15 is 0 Å². The Morgan fingerprint density at radius 3 is 2.35 bits per heavy atom. The van der Waals surface area contributed by atoms with Gasteiger partial charge in [0, 0.05) is 5.54 Å². The fourth-order valence-electron chi connectivity index (χ4n) is 1.38. The zero-order valence-electron chi connectivity index (χ0n) is 10.4. The van der Waals surface area contributed by atoms with Gasteiger partial charge < -0.3 is 10.5 Å². The maximum atomic E-state index is 11.2. The summed E-state index contributed by atoms with van der Waals surface area (Å²) >= 11 is 0. The molecule has 0 aliphatic heterocycles. The van der Waals surface area contributed by atoms with Gasteiger partial charge in [-0.2, -0.15) is 0 Å². The second-order valence-electron chi connectivity index (χ2n) is 4.51. The highest BCUT2D eigenvalue weighted by Gasteiger charge is 2.17. The Morgan fingerprint density at radius 1 is 1.35 bits per heavy atom. The van der Waals surface area contributed by atoms with Crippen molar-refractivity contribution in [1.82, 2.24) is 0 Å². The van der Waals surface area contributed by atoms with Crippen molar-refractivity contribution in [2.24, 2.45) is 5.73 Å². The first-order valence-electron chi connectivity index (χ1n) is 5.08. The number of hydrogen-bond donors (Lipinski definition) is 2. The van der Waals surface area contributed by atoms with Crippen LogP contribution in [0.25, 0.3) is 0 Å². The quantitative estimate of drug-likeness (QED) is 0.852. The van der Waals surface area contributed by atoms with E-state index in [9.17, 15) is 8.42 Å². The lowest BCUT2D eigenvalue weighted by molar-refractivity contribution is 0.414. The Hall–Kier alpha value is -1.27. The van der Waals surface area contributed by atoms with Crippen LogP contribution >= 0.6 is 0 Å². The average Bonchev–Trinajstić information content (AvgIpc) is 2.14. The van der Waals surface area contributed by atoms with Crippen LogP contribution in [0.5, 0.6) is 5.75 Å². The molecule has 0 radical (unpaired) electrons. The Balaban J connectivity index is 3.19. The minimum atomic E-state index is -3.32. The Kier molecular flexibility index (Phi) is 3.68. The molecule has 0 saturated heterocycles. The van der Waals surface area contributed by atoms with Crippen LogP contribution in [0, 0.1) is 0 Å². The molecule has 0 amide bonds. The summed E-state index contributed by atoms with van der Waals surface area (Å²) in [4.78, 5) is 0. The summed E-state index contributed by atoms with van der Waals surface area (Å²) in [6, 6.07) is 5.15. The fraction of sp³-hybridized carbons (Fsp3) is 0.455. The summed E-state index contributed by atoms with van der Waals surface area (Å²) in [7, 11) is -1.84. The minimum absolute atomic E-state index is 0.406. The molecule has 0 aliphatic rings. The average molecular weight is 258 g/mol. The molecule has 0 unspecified atom stereocenters. The highest BCUT2D eigenvalue weighted by molar-refractivity contribution is 7.92. The topological polar surface area (TPSA) is 81.4 Å². The van der Waals surface area contributed by atoms with E-state index in [1.54, 1.807) is 18.2 Å². The second-order valence-corrected chi connectivity index (χ2v) is 6.26. The van der Waals surface area contributed by atoms with E-state index in [0.717, 1.165) is 11.8 Å².